The molecule has 0 spiro atoms. The van der Waals surface area contributed by atoms with Crippen LogP contribution in [0.25, 0.3) is 11.3 Å². The molecule has 1 fully saturated rings. The highest BCUT2D eigenvalue weighted by molar-refractivity contribution is 5.70. The summed E-state index contributed by atoms with van der Waals surface area (Å²) in [4.78, 5) is 8.97. The average Bonchev–Trinajstić information content (AvgIpc) is 3.10. The number of nitrogens with two attached hydrogens (primary N) is 1. The van der Waals surface area contributed by atoms with Gasteiger partial charge in [0.15, 0.2) is 0 Å². The molecule has 0 bridgehead atoms. The van der Waals surface area contributed by atoms with Crippen molar-refractivity contribution in [3.05, 3.63) is 54.5 Å². The third kappa shape index (κ3) is 5.04. The number of aryl methyl sites for hydroxylation is 1. The molecule has 1 saturated carbocycles. The number of hydrogen-bond donors (Lipinski definition) is 4. The average molecular weight is 425 g/mol. The molecular weight excluding hydrogens is 395 g/mol. The summed E-state index contributed by atoms with van der Waals surface area (Å²) in [6.45, 7) is 4.00. The number of allylic oxidation sites excluding steroid dienone is 3. The van der Waals surface area contributed by atoms with E-state index in [-0.39, 0.29) is 5.83 Å². The van der Waals surface area contributed by atoms with Crippen molar-refractivity contribution in [1.82, 2.24) is 30.4 Å². The molecule has 4 rings (SSSR count). The minimum Gasteiger partial charge on any atom is -0.383 e. The van der Waals surface area contributed by atoms with E-state index in [1.54, 1.807) is 30.2 Å². The standard InChI is InChI=1S/C22H29FN8/c1-14(28-20-6-4-3-5-18(20)23)27-15-7-9-16(10-8-15)29-22-25-12-11-19(30-22)17-13-26-31(2)21(17)24/h4,6,11-13,15-16,27-28H,1,3,5,7-10,24H2,2H3,(H,25,29,30). The molecule has 0 unspecified atom stereocenters. The zero-order valence-electron chi connectivity index (χ0n) is 17.7. The van der Waals surface area contributed by atoms with Crippen molar-refractivity contribution < 1.29 is 4.39 Å². The molecule has 8 nitrogen and oxygen atoms in total. The molecule has 31 heavy (non-hydrogen) atoms. The summed E-state index contributed by atoms with van der Waals surface area (Å²) in [7, 11) is 1.80. The molecule has 0 amide bonds. The summed E-state index contributed by atoms with van der Waals surface area (Å²) in [5, 5.41) is 14.1. The lowest BCUT2D eigenvalue weighted by atomic mass is 9.91. The normalized spacial score (nSPS) is 21.1. The van der Waals surface area contributed by atoms with Crippen molar-refractivity contribution in [1.29, 1.82) is 0 Å². The lowest BCUT2D eigenvalue weighted by molar-refractivity contribution is 0.368. The van der Waals surface area contributed by atoms with E-state index in [0.717, 1.165) is 43.4 Å². The van der Waals surface area contributed by atoms with Crippen molar-refractivity contribution in [2.75, 3.05) is 11.1 Å². The summed E-state index contributed by atoms with van der Waals surface area (Å²) in [5.41, 5.74) is 8.12. The van der Waals surface area contributed by atoms with E-state index >= 15 is 0 Å². The summed E-state index contributed by atoms with van der Waals surface area (Å²) < 4.78 is 15.5. The van der Waals surface area contributed by atoms with Gasteiger partial charge in [0, 0.05) is 31.7 Å². The SMILES string of the molecule is C=C(NC1=C(F)CCC=C1)NC1CCC(Nc2nccc(-c3cnn(C)c3N)n2)CC1. The quantitative estimate of drug-likeness (QED) is 0.540. The van der Waals surface area contributed by atoms with Crippen LogP contribution < -0.4 is 21.7 Å². The minimum absolute atomic E-state index is 0.117. The van der Waals surface area contributed by atoms with E-state index in [9.17, 15) is 4.39 Å². The van der Waals surface area contributed by atoms with Gasteiger partial charge in [0.05, 0.1) is 29.0 Å². The minimum atomic E-state index is -0.117. The fraction of sp³-hybridized carbons (Fsp3) is 0.409. The molecule has 9 heteroatoms. The molecule has 0 aliphatic heterocycles. The van der Waals surface area contributed by atoms with Gasteiger partial charge in [0.2, 0.25) is 5.95 Å². The lowest BCUT2D eigenvalue weighted by Gasteiger charge is -2.31. The highest BCUT2D eigenvalue weighted by Gasteiger charge is 2.22. The van der Waals surface area contributed by atoms with Crippen LogP contribution in [0.15, 0.2) is 54.5 Å². The summed E-state index contributed by atoms with van der Waals surface area (Å²) in [6, 6.07) is 2.43. The Hall–Kier alpha value is -3.36. The fourth-order valence-corrected chi connectivity index (χ4v) is 3.98. The van der Waals surface area contributed by atoms with E-state index in [1.165, 1.54) is 0 Å². The first kappa shape index (κ1) is 20.9. The van der Waals surface area contributed by atoms with Crippen LogP contribution in [0.5, 0.6) is 0 Å². The van der Waals surface area contributed by atoms with Gasteiger partial charge < -0.3 is 21.7 Å². The number of rotatable bonds is 7. The van der Waals surface area contributed by atoms with Crippen LogP contribution in [-0.2, 0) is 7.05 Å². The Bertz CT molecular complexity index is 1000. The number of nitrogen functional groups attached to an aromatic ring is 1. The van der Waals surface area contributed by atoms with Crippen molar-refractivity contribution in [2.24, 2.45) is 7.05 Å². The first-order valence-electron chi connectivity index (χ1n) is 10.6. The van der Waals surface area contributed by atoms with Crippen LogP contribution in [0.4, 0.5) is 16.2 Å². The molecule has 2 aliphatic carbocycles. The van der Waals surface area contributed by atoms with Crippen molar-refractivity contribution >= 4 is 11.8 Å². The van der Waals surface area contributed by atoms with Gasteiger partial charge in [-0.1, -0.05) is 12.7 Å². The maximum absolute atomic E-state index is 13.9. The molecular formula is C22H29FN8. The molecule has 2 heterocycles. The third-order valence-electron chi connectivity index (χ3n) is 5.75. The Morgan fingerprint density at radius 1 is 1.26 bits per heavy atom. The van der Waals surface area contributed by atoms with Crippen LogP contribution in [0.1, 0.15) is 38.5 Å². The zero-order valence-corrected chi connectivity index (χ0v) is 17.7. The second-order valence-corrected chi connectivity index (χ2v) is 8.03. The molecule has 2 aromatic rings. The predicted molar refractivity (Wildman–Crippen MR) is 120 cm³/mol. The van der Waals surface area contributed by atoms with Gasteiger partial charge in [-0.2, -0.15) is 5.10 Å². The zero-order chi connectivity index (χ0) is 21.8. The van der Waals surface area contributed by atoms with Crippen molar-refractivity contribution in [3.8, 4) is 11.3 Å². The van der Waals surface area contributed by atoms with E-state index < -0.39 is 0 Å². The molecule has 2 aromatic heterocycles. The van der Waals surface area contributed by atoms with Gasteiger partial charge in [-0.05, 0) is 44.2 Å². The monoisotopic (exact) mass is 424 g/mol. The van der Waals surface area contributed by atoms with Crippen LogP contribution in [0.3, 0.4) is 0 Å². The molecule has 0 saturated heterocycles. The maximum atomic E-state index is 13.9. The van der Waals surface area contributed by atoms with Gasteiger partial charge >= 0.3 is 0 Å². The second kappa shape index (κ2) is 9.20. The van der Waals surface area contributed by atoms with E-state index in [0.29, 0.717) is 41.8 Å². The van der Waals surface area contributed by atoms with Gasteiger partial charge in [0.25, 0.3) is 0 Å². The topological polar surface area (TPSA) is 106 Å². The maximum Gasteiger partial charge on any atom is 0.223 e. The number of nitrogens with zero attached hydrogens (tertiary/aromatic N) is 4. The van der Waals surface area contributed by atoms with Crippen molar-refractivity contribution in [3.63, 3.8) is 0 Å². The van der Waals surface area contributed by atoms with E-state index in [2.05, 4.69) is 37.6 Å². The Labute approximate surface area is 181 Å². The number of nitrogens with one attached hydrogen (secondary N) is 3. The van der Waals surface area contributed by atoms with Gasteiger partial charge in [-0.3, -0.25) is 4.68 Å². The third-order valence-corrected chi connectivity index (χ3v) is 5.75. The molecule has 5 N–H and O–H groups in total. The molecule has 0 atom stereocenters. The van der Waals surface area contributed by atoms with Gasteiger partial charge in [0.1, 0.15) is 11.6 Å². The molecule has 2 aliphatic rings. The van der Waals surface area contributed by atoms with Crippen LogP contribution in [0, 0.1) is 0 Å². The highest BCUT2D eigenvalue weighted by Crippen LogP contribution is 2.26. The first-order chi connectivity index (χ1) is 15.0. The van der Waals surface area contributed by atoms with E-state index in [4.69, 9.17) is 5.73 Å². The molecule has 164 valence electrons. The summed E-state index contributed by atoms with van der Waals surface area (Å²) in [5.74, 6) is 1.69. The Morgan fingerprint density at radius 2 is 2.03 bits per heavy atom. The fourth-order valence-electron chi connectivity index (χ4n) is 3.98. The Morgan fingerprint density at radius 3 is 2.74 bits per heavy atom. The first-order valence-corrected chi connectivity index (χ1v) is 10.6. The summed E-state index contributed by atoms with van der Waals surface area (Å²) >= 11 is 0. The number of halogens is 1. The number of hydrogen-bond acceptors (Lipinski definition) is 7. The van der Waals surface area contributed by atoms with Crippen LogP contribution in [0.2, 0.25) is 0 Å². The van der Waals surface area contributed by atoms with Crippen LogP contribution in [-0.4, -0.2) is 31.8 Å². The largest absolute Gasteiger partial charge is 0.383 e. The van der Waals surface area contributed by atoms with Gasteiger partial charge in [-0.15, -0.1) is 0 Å². The van der Waals surface area contributed by atoms with Gasteiger partial charge in [-0.25, -0.2) is 14.4 Å². The molecule has 0 aromatic carbocycles. The highest BCUT2D eigenvalue weighted by atomic mass is 19.1. The van der Waals surface area contributed by atoms with Crippen LogP contribution >= 0.6 is 0 Å². The second-order valence-electron chi connectivity index (χ2n) is 8.03. The Balaban J connectivity index is 1.28. The predicted octanol–water partition coefficient (Wildman–Crippen LogP) is 3.36. The number of aromatic nitrogens is 4. The number of anilines is 2. The van der Waals surface area contributed by atoms with Crippen molar-refractivity contribution in [2.45, 2.75) is 50.6 Å². The lowest BCUT2D eigenvalue weighted by Crippen LogP contribution is -2.39. The van der Waals surface area contributed by atoms with E-state index in [1.807, 2.05) is 12.1 Å². The summed E-state index contributed by atoms with van der Waals surface area (Å²) in [6.07, 6.45) is 12.3. The smallest absolute Gasteiger partial charge is 0.223 e. The Kier molecular flexibility index (Phi) is 6.20. The molecule has 0 radical (unpaired) electrons.